The summed E-state index contributed by atoms with van der Waals surface area (Å²) in [4.78, 5) is 11.3. The van der Waals surface area contributed by atoms with Gasteiger partial charge < -0.3 is 4.74 Å². The lowest BCUT2D eigenvalue weighted by Crippen LogP contribution is -2.27. The van der Waals surface area contributed by atoms with Crippen LogP contribution in [-0.2, 0) is 9.53 Å². The molecule has 0 saturated carbocycles. The highest BCUT2D eigenvalue weighted by molar-refractivity contribution is 5.89. The number of hydrogen-bond acceptors (Lipinski definition) is 2. The summed E-state index contributed by atoms with van der Waals surface area (Å²) in [6.45, 7) is 15.1. The van der Waals surface area contributed by atoms with Crippen molar-refractivity contribution in [2.45, 2.75) is 66.4 Å². The van der Waals surface area contributed by atoms with E-state index in [0.717, 1.165) is 12.8 Å². The number of ether oxygens (including phenoxy) is 1. The zero-order chi connectivity index (χ0) is 13.3. The fourth-order valence-electron chi connectivity index (χ4n) is 2.86. The highest BCUT2D eigenvalue weighted by Gasteiger charge is 2.35. The number of hydrogen-bond donors (Lipinski definition) is 0. The van der Waals surface area contributed by atoms with E-state index in [-0.39, 0.29) is 17.5 Å². The van der Waals surface area contributed by atoms with E-state index in [9.17, 15) is 4.79 Å². The summed E-state index contributed by atoms with van der Waals surface area (Å²) < 4.78 is 5.32. The highest BCUT2D eigenvalue weighted by Crippen LogP contribution is 2.41. The Hall–Kier alpha value is -0.790. The van der Waals surface area contributed by atoms with E-state index in [1.807, 2.05) is 0 Å². The summed E-state index contributed by atoms with van der Waals surface area (Å²) in [5, 5.41) is 0. The van der Waals surface area contributed by atoms with E-state index in [2.05, 4.69) is 41.2 Å². The summed E-state index contributed by atoms with van der Waals surface area (Å²) in [6, 6.07) is 0. The van der Waals surface area contributed by atoms with Crippen LogP contribution in [0.4, 0.5) is 0 Å². The zero-order valence-corrected chi connectivity index (χ0v) is 11.9. The molecule has 1 unspecified atom stereocenters. The van der Waals surface area contributed by atoms with Crippen molar-refractivity contribution in [1.82, 2.24) is 0 Å². The largest absolute Gasteiger partial charge is 0.459 e. The van der Waals surface area contributed by atoms with Crippen LogP contribution in [0.5, 0.6) is 0 Å². The van der Waals surface area contributed by atoms with Crippen LogP contribution >= 0.6 is 0 Å². The Morgan fingerprint density at radius 3 is 2.29 bits per heavy atom. The van der Waals surface area contributed by atoms with E-state index >= 15 is 0 Å². The highest BCUT2D eigenvalue weighted by atomic mass is 16.5. The molecule has 1 heterocycles. The zero-order valence-electron chi connectivity index (χ0n) is 11.9. The Kier molecular flexibility index (Phi) is 4.06. The van der Waals surface area contributed by atoms with Crippen LogP contribution in [0.3, 0.4) is 0 Å². The summed E-state index contributed by atoms with van der Waals surface area (Å²) in [7, 11) is 0. The van der Waals surface area contributed by atoms with Gasteiger partial charge in [-0.2, -0.15) is 0 Å². The van der Waals surface area contributed by atoms with Gasteiger partial charge in [0.25, 0.3) is 0 Å². The first-order chi connectivity index (χ1) is 7.65. The predicted molar refractivity (Wildman–Crippen MR) is 70.7 cm³/mol. The Balaban J connectivity index is 2.55. The molecule has 2 heteroatoms. The first-order valence-corrected chi connectivity index (χ1v) is 6.54. The molecule has 0 aromatic rings. The maximum Gasteiger partial charge on any atom is 0.333 e. The van der Waals surface area contributed by atoms with Crippen LogP contribution in [-0.4, -0.2) is 12.1 Å². The Labute approximate surface area is 105 Å². The number of esters is 1. The normalized spacial score (nSPS) is 21.8. The minimum atomic E-state index is -0.208. The molecule has 1 fully saturated rings. The van der Waals surface area contributed by atoms with Gasteiger partial charge in [-0.05, 0) is 23.7 Å². The van der Waals surface area contributed by atoms with Gasteiger partial charge in [-0.25, -0.2) is 4.79 Å². The number of cyclic esters (lactones) is 1. The Morgan fingerprint density at radius 2 is 1.88 bits per heavy atom. The lowest BCUT2D eigenvalue weighted by atomic mass is 9.71. The first kappa shape index (κ1) is 14.3. The third-order valence-electron chi connectivity index (χ3n) is 3.73. The molecule has 1 aliphatic rings. The maximum atomic E-state index is 11.3. The average Bonchev–Trinajstić information content (AvgIpc) is 2.42. The molecular formula is C15H26O2. The summed E-state index contributed by atoms with van der Waals surface area (Å²) in [5.41, 5.74) is 1.18. The second kappa shape index (κ2) is 4.83. The van der Waals surface area contributed by atoms with Gasteiger partial charge in [0.2, 0.25) is 0 Å². The summed E-state index contributed by atoms with van der Waals surface area (Å²) >= 11 is 0. The minimum Gasteiger partial charge on any atom is -0.459 e. The van der Waals surface area contributed by atoms with E-state index in [4.69, 9.17) is 4.74 Å². The fourth-order valence-corrected chi connectivity index (χ4v) is 2.86. The maximum absolute atomic E-state index is 11.3. The molecule has 0 N–H and O–H groups in total. The van der Waals surface area contributed by atoms with Crippen molar-refractivity contribution in [3.8, 4) is 0 Å². The molecule has 1 atom stereocenters. The minimum absolute atomic E-state index is 0.0395. The lowest BCUT2D eigenvalue weighted by molar-refractivity contribution is -0.139. The smallest absolute Gasteiger partial charge is 0.333 e. The van der Waals surface area contributed by atoms with Gasteiger partial charge in [-0.1, -0.05) is 47.6 Å². The van der Waals surface area contributed by atoms with Gasteiger partial charge >= 0.3 is 5.97 Å². The second-order valence-electron chi connectivity index (χ2n) is 6.90. The van der Waals surface area contributed by atoms with E-state index < -0.39 is 0 Å². The molecule has 0 aromatic heterocycles. The van der Waals surface area contributed by atoms with Crippen molar-refractivity contribution < 1.29 is 9.53 Å². The third kappa shape index (κ3) is 4.18. The van der Waals surface area contributed by atoms with Gasteiger partial charge in [-0.15, -0.1) is 0 Å². The topological polar surface area (TPSA) is 26.3 Å². The van der Waals surface area contributed by atoms with E-state index in [1.165, 1.54) is 6.42 Å². The molecule has 0 aromatic carbocycles. The van der Waals surface area contributed by atoms with Gasteiger partial charge in [-0.3, -0.25) is 0 Å². The van der Waals surface area contributed by atoms with Crippen LogP contribution < -0.4 is 0 Å². The molecule has 1 saturated heterocycles. The molecule has 0 radical (unpaired) electrons. The monoisotopic (exact) mass is 238 g/mol. The van der Waals surface area contributed by atoms with Crippen LogP contribution in [0.1, 0.15) is 60.3 Å². The second-order valence-corrected chi connectivity index (χ2v) is 6.90. The van der Waals surface area contributed by atoms with Crippen molar-refractivity contribution in [3.63, 3.8) is 0 Å². The van der Waals surface area contributed by atoms with E-state index in [0.29, 0.717) is 17.4 Å². The molecule has 0 bridgehead atoms. The van der Waals surface area contributed by atoms with Crippen LogP contribution in [0.25, 0.3) is 0 Å². The van der Waals surface area contributed by atoms with Gasteiger partial charge in [0.1, 0.15) is 6.10 Å². The van der Waals surface area contributed by atoms with Crippen LogP contribution in [0.2, 0.25) is 0 Å². The Bertz CT molecular complexity index is 297. The van der Waals surface area contributed by atoms with Crippen molar-refractivity contribution in [2.24, 2.45) is 10.8 Å². The van der Waals surface area contributed by atoms with Gasteiger partial charge in [0.05, 0.1) is 0 Å². The quantitative estimate of drug-likeness (QED) is 0.532. The summed E-state index contributed by atoms with van der Waals surface area (Å²) in [5.74, 6) is -0.208. The lowest BCUT2D eigenvalue weighted by Gasteiger charge is -2.35. The molecule has 17 heavy (non-hydrogen) atoms. The predicted octanol–water partition coefficient (Wildman–Crippen LogP) is 4.10. The van der Waals surface area contributed by atoms with Crippen molar-refractivity contribution in [2.75, 3.05) is 0 Å². The SMILES string of the molecule is C=C1CC(CC(C)(C)CC(C)(C)CC)OC1=O. The van der Waals surface area contributed by atoms with Crippen molar-refractivity contribution in [1.29, 1.82) is 0 Å². The molecule has 1 rings (SSSR count). The van der Waals surface area contributed by atoms with E-state index in [1.54, 1.807) is 0 Å². The first-order valence-electron chi connectivity index (χ1n) is 6.54. The van der Waals surface area contributed by atoms with Gasteiger partial charge in [0, 0.05) is 12.0 Å². The van der Waals surface area contributed by atoms with Crippen LogP contribution in [0, 0.1) is 10.8 Å². The standard InChI is InChI=1S/C15H26O2/c1-7-14(3,4)10-15(5,6)9-12-8-11(2)13(16)17-12/h12H,2,7-10H2,1,3-6H3. The molecule has 98 valence electrons. The number of carbonyl (C=O) groups excluding carboxylic acids is 1. The molecule has 0 spiro atoms. The van der Waals surface area contributed by atoms with Crippen molar-refractivity contribution >= 4 is 5.97 Å². The molecule has 0 aliphatic carbocycles. The van der Waals surface area contributed by atoms with Crippen molar-refractivity contribution in [3.05, 3.63) is 12.2 Å². The average molecular weight is 238 g/mol. The molecule has 0 amide bonds. The molecular weight excluding hydrogens is 212 g/mol. The van der Waals surface area contributed by atoms with Gasteiger partial charge in [0.15, 0.2) is 0 Å². The molecule has 2 nitrogen and oxygen atoms in total. The Morgan fingerprint density at radius 1 is 1.29 bits per heavy atom. The number of carbonyl (C=O) groups is 1. The number of rotatable bonds is 5. The van der Waals surface area contributed by atoms with Crippen LogP contribution in [0.15, 0.2) is 12.2 Å². The molecule has 1 aliphatic heterocycles. The summed E-state index contributed by atoms with van der Waals surface area (Å²) in [6.07, 6.45) is 4.00. The third-order valence-corrected chi connectivity index (χ3v) is 3.73. The fraction of sp³-hybridized carbons (Fsp3) is 0.800.